The van der Waals surface area contributed by atoms with Gasteiger partial charge >= 0.3 is 5.92 Å². The molecule has 0 atom stereocenters. The van der Waals surface area contributed by atoms with Gasteiger partial charge in [0.1, 0.15) is 5.82 Å². The van der Waals surface area contributed by atoms with Crippen molar-refractivity contribution in [3.8, 4) is 11.1 Å². The van der Waals surface area contributed by atoms with Gasteiger partial charge in [0.05, 0.1) is 5.56 Å². The lowest BCUT2D eigenvalue weighted by Gasteiger charge is -2.08. The van der Waals surface area contributed by atoms with E-state index in [4.69, 9.17) is 5.73 Å². The van der Waals surface area contributed by atoms with Gasteiger partial charge in [0.25, 0.3) is 0 Å². The highest BCUT2D eigenvalue weighted by molar-refractivity contribution is 5.75. The molecule has 1 heterocycles. The van der Waals surface area contributed by atoms with Crippen LogP contribution in [-0.2, 0) is 5.92 Å². The van der Waals surface area contributed by atoms with E-state index in [9.17, 15) is 13.2 Å². The summed E-state index contributed by atoms with van der Waals surface area (Å²) in [5, 5.41) is 3.31. The fraction of sp³-hybridized carbons (Fsp3) is 0.182. The van der Waals surface area contributed by atoms with Crippen molar-refractivity contribution in [2.24, 2.45) is 0 Å². The van der Waals surface area contributed by atoms with Crippen molar-refractivity contribution in [3.63, 3.8) is 0 Å². The van der Waals surface area contributed by atoms with Crippen LogP contribution in [0, 0.1) is 5.82 Å². The molecule has 17 heavy (non-hydrogen) atoms. The highest BCUT2D eigenvalue weighted by atomic mass is 19.3. The molecular formula is C11H9F3N2O. The van der Waals surface area contributed by atoms with Crippen molar-refractivity contribution < 1.29 is 17.7 Å². The molecule has 0 saturated carbocycles. The van der Waals surface area contributed by atoms with Gasteiger partial charge in [-0.1, -0.05) is 17.3 Å². The van der Waals surface area contributed by atoms with Crippen molar-refractivity contribution in [1.82, 2.24) is 5.16 Å². The maximum Gasteiger partial charge on any atom is 0.305 e. The summed E-state index contributed by atoms with van der Waals surface area (Å²) in [6.07, 6.45) is 0. The van der Waals surface area contributed by atoms with Gasteiger partial charge in [0, 0.05) is 6.92 Å². The van der Waals surface area contributed by atoms with Crippen LogP contribution >= 0.6 is 0 Å². The van der Waals surface area contributed by atoms with Crippen LogP contribution in [0.3, 0.4) is 0 Å². The molecule has 0 bridgehead atoms. The molecule has 0 fully saturated rings. The first-order valence-corrected chi connectivity index (χ1v) is 4.79. The highest BCUT2D eigenvalue weighted by Crippen LogP contribution is 2.38. The molecular weight excluding hydrogens is 233 g/mol. The molecule has 0 aliphatic carbocycles. The van der Waals surface area contributed by atoms with Gasteiger partial charge in [0.2, 0.25) is 5.76 Å². The minimum atomic E-state index is -3.20. The monoisotopic (exact) mass is 242 g/mol. The van der Waals surface area contributed by atoms with E-state index < -0.39 is 17.5 Å². The van der Waals surface area contributed by atoms with Crippen molar-refractivity contribution in [2.45, 2.75) is 12.8 Å². The summed E-state index contributed by atoms with van der Waals surface area (Å²) in [4.78, 5) is 0. The molecule has 1 aromatic heterocycles. The van der Waals surface area contributed by atoms with Gasteiger partial charge in [-0.15, -0.1) is 0 Å². The van der Waals surface area contributed by atoms with Crippen molar-refractivity contribution >= 4 is 5.82 Å². The van der Waals surface area contributed by atoms with Crippen LogP contribution in [0.2, 0.25) is 0 Å². The van der Waals surface area contributed by atoms with Crippen molar-refractivity contribution in [3.05, 3.63) is 35.8 Å². The Morgan fingerprint density at radius 3 is 2.35 bits per heavy atom. The third kappa shape index (κ3) is 2.11. The fourth-order valence-electron chi connectivity index (χ4n) is 1.50. The summed E-state index contributed by atoms with van der Waals surface area (Å²) in [6.45, 7) is 0.681. The molecule has 0 aliphatic rings. The molecule has 1 aromatic carbocycles. The Hall–Kier alpha value is -1.98. The number of anilines is 1. The average molecular weight is 242 g/mol. The largest absolute Gasteiger partial charge is 0.380 e. The number of halogens is 3. The molecule has 2 N–H and O–H groups in total. The predicted molar refractivity (Wildman–Crippen MR) is 55.9 cm³/mol. The Labute approximate surface area is 95.0 Å². The topological polar surface area (TPSA) is 52.0 Å². The molecule has 90 valence electrons. The van der Waals surface area contributed by atoms with E-state index in [1.165, 1.54) is 12.1 Å². The number of nitrogen functional groups attached to an aromatic ring is 1. The van der Waals surface area contributed by atoms with Gasteiger partial charge in [-0.2, -0.15) is 8.78 Å². The second-order valence-corrected chi connectivity index (χ2v) is 3.67. The van der Waals surface area contributed by atoms with E-state index in [1.54, 1.807) is 0 Å². The maximum absolute atomic E-state index is 13.2. The number of nitrogens with two attached hydrogens (primary N) is 1. The molecule has 0 aliphatic heterocycles. The molecule has 0 unspecified atom stereocenters. The zero-order valence-corrected chi connectivity index (χ0v) is 8.88. The van der Waals surface area contributed by atoms with Crippen LogP contribution in [0.1, 0.15) is 12.7 Å². The standard InChI is InChI=1S/C11H9F3N2O/c1-11(13,14)9-8(10(15)16-17-9)6-2-4-7(12)5-3-6/h2-5H,1H3,(H2,15,16). The van der Waals surface area contributed by atoms with Gasteiger partial charge in [0.15, 0.2) is 5.82 Å². The summed E-state index contributed by atoms with van der Waals surface area (Å²) < 4.78 is 43.7. The third-order valence-corrected chi connectivity index (χ3v) is 2.25. The summed E-state index contributed by atoms with van der Waals surface area (Å²) in [5.41, 5.74) is 5.81. The minimum Gasteiger partial charge on any atom is -0.380 e. The predicted octanol–water partition coefficient (Wildman–Crippen LogP) is 3.17. The van der Waals surface area contributed by atoms with Gasteiger partial charge < -0.3 is 10.3 Å². The first kappa shape index (κ1) is 11.5. The molecule has 3 nitrogen and oxygen atoms in total. The van der Waals surface area contributed by atoms with E-state index in [2.05, 4.69) is 9.68 Å². The molecule has 0 amide bonds. The van der Waals surface area contributed by atoms with E-state index >= 15 is 0 Å². The number of nitrogens with zero attached hydrogens (tertiary/aromatic N) is 1. The maximum atomic E-state index is 13.2. The van der Waals surface area contributed by atoms with Crippen LogP contribution < -0.4 is 5.73 Å². The Kier molecular flexibility index (Phi) is 2.57. The number of hydrogen-bond acceptors (Lipinski definition) is 3. The Bertz CT molecular complexity index is 529. The lowest BCUT2D eigenvalue weighted by atomic mass is 10.0. The first-order valence-electron chi connectivity index (χ1n) is 4.79. The van der Waals surface area contributed by atoms with E-state index in [0.29, 0.717) is 12.5 Å². The second kappa shape index (κ2) is 3.80. The normalized spacial score (nSPS) is 11.8. The van der Waals surface area contributed by atoms with Crippen LogP contribution in [-0.4, -0.2) is 5.16 Å². The minimum absolute atomic E-state index is 0.00231. The molecule has 0 spiro atoms. The summed E-state index contributed by atoms with van der Waals surface area (Å²) in [5.74, 6) is -4.43. The number of rotatable bonds is 2. The number of aromatic nitrogens is 1. The smallest absolute Gasteiger partial charge is 0.305 e. The van der Waals surface area contributed by atoms with Gasteiger partial charge in [-0.25, -0.2) is 4.39 Å². The number of benzene rings is 1. The molecule has 6 heteroatoms. The van der Waals surface area contributed by atoms with E-state index in [-0.39, 0.29) is 11.4 Å². The van der Waals surface area contributed by atoms with Crippen LogP contribution in [0.4, 0.5) is 19.0 Å². The summed E-state index contributed by atoms with van der Waals surface area (Å²) in [7, 11) is 0. The average Bonchev–Trinajstić information content (AvgIpc) is 2.61. The van der Waals surface area contributed by atoms with Crippen LogP contribution in [0.15, 0.2) is 28.8 Å². The molecule has 2 rings (SSSR count). The third-order valence-electron chi connectivity index (χ3n) is 2.25. The Balaban J connectivity index is 2.59. The van der Waals surface area contributed by atoms with Gasteiger partial charge in [-0.3, -0.25) is 0 Å². The number of hydrogen-bond donors (Lipinski definition) is 1. The van der Waals surface area contributed by atoms with Crippen LogP contribution in [0.5, 0.6) is 0 Å². The fourth-order valence-corrected chi connectivity index (χ4v) is 1.50. The summed E-state index contributed by atoms with van der Waals surface area (Å²) >= 11 is 0. The van der Waals surface area contributed by atoms with E-state index in [0.717, 1.165) is 12.1 Å². The quantitative estimate of drug-likeness (QED) is 0.879. The van der Waals surface area contributed by atoms with Crippen molar-refractivity contribution in [1.29, 1.82) is 0 Å². The van der Waals surface area contributed by atoms with E-state index in [1.807, 2.05) is 0 Å². The first-order chi connectivity index (χ1) is 7.89. The van der Waals surface area contributed by atoms with Gasteiger partial charge in [-0.05, 0) is 17.7 Å². The molecule has 0 saturated heterocycles. The molecule has 2 aromatic rings. The lowest BCUT2D eigenvalue weighted by molar-refractivity contribution is -0.00974. The van der Waals surface area contributed by atoms with Crippen LogP contribution in [0.25, 0.3) is 11.1 Å². The zero-order valence-electron chi connectivity index (χ0n) is 8.88. The highest BCUT2D eigenvalue weighted by Gasteiger charge is 2.35. The zero-order chi connectivity index (χ0) is 12.6. The number of alkyl halides is 2. The lowest BCUT2D eigenvalue weighted by Crippen LogP contribution is -2.07. The Morgan fingerprint density at radius 1 is 1.24 bits per heavy atom. The second-order valence-electron chi connectivity index (χ2n) is 3.67. The van der Waals surface area contributed by atoms with Crippen molar-refractivity contribution in [2.75, 3.05) is 5.73 Å². The Morgan fingerprint density at radius 2 is 1.82 bits per heavy atom. The summed E-state index contributed by atoms with van der Waals surface area (Å²) in [6, 6.07) is 4.99. The molecule has 0 radical (unpaired) electrons. The SMILES string of the molecule is CC(F)(F)c1onc(N)c1-c1ccc(F)cc1.